The number of nitrogen functional groups attached to an aromatic ring is 1. The van der Waals surface area contributed by atoms with Crippen LogP contribution in [0.5, 0.6) is 5.75 Å². The number of para-hydroxylation sites is 2. The van der Waals surface area contributed by atoms with Gasteiger partial charge in [-0.2, -0.15) is 0 Å². The molecule has 2 nitrogen and oxygen atoms in total. The zero-order valence-corrected chi connectivity index (χ0v) is 18.1. The van der Waals surface area contributed by atoms with E-state index in [4.69, 9.17) is 67.4 Å². The van der Waals surface area contributed by atoms with Gasteiger partial charge in [0.2, 0.25) is 0 Å². The maximum absolute atomic E-state index is 5.58. The zero-order valence-electron chi connectivity index (χ0n) is 13.4. The predicted molar refractivity (Wildman–Crippen MR) is 114 cm³/mol. The summed E-state index contributed by atoms with van der Waals surface area (Å²) in [5.41, 5.74) is 7.60. The number of benzene rings is 2. The number of ether oxygens (including phenoxy) is 1. The smallest absolute Gasteiger partial charge is 0.179 e. The minimum atomic E-state index is -1.20. The number of anilines is 1. The van der Waals surface area contributed by atoms with Gasteiger partial charge in [0.05, 0.1) is 17.6 Å². The van der Waals surface area contributed by atoms with Crippen LogP contribution in [0, 0.1) is 6.92 Å². The van der Waals surface area contributed by atoms with Crippen LogP contribution >= 0.6 is 62.9 Å². The summed E-state index contributed by atoms with van der Waals surface area (Å²) in [7, 11) is 0. The monoisotopic (exact) mass is 449 g/mol. The van der Waals surface area contributed by atoms with Crippen molar-refractivity contribution in [1.82, 2.24) is 0 Å². The van der Waals surface area contributed by atoms with Crippen molar-refractivity contribution < 1.29 is 4.74 Å². The normalized spacial score (nSPS) is 8.67. The Bertz CT molecular complexity index is 500. The largest absolute Gasteiger partial charge is 0.492 e. The lowest BCUT2D eigenvalue weighted by molar-refractivity contribution is 0.342. The molecule has 2 aromatic carbocycles. The van der Waals surface area contributed by atoms with Crippen LogP contribution in [0.3, 0.4) is 0 Å². The molecule has 0 unspecified atom stereocenters. The van der Waals surface area contributed by atoms with Crippen LogP contribution in [0.4, 0.5) is 5.69 Å². The molecule has 0 spiro atoms. The number of nitrogens with two attached hydrogens (primary N) is 1. The Kier molecular flexibility index (Phi) is 21.0. The van der Waals surface area contributed by atoms with Crippen LogP contribution in [0.1, 0.15) is 12.5 Å². The summed E-state index contributed by atoms with van der Waals surface area (Å²) in [6, 6.07) is 17.7. The van der Waals surface area contributed by atoms with E-state index in [1.54, 1.807) is 0 Å². The zero-order chi connectivity index (χ0) is 18.8. The highest BCUT2D eigenvalue weighted by Crippen LogP contribution is 2.51. The first kappa shape index (κ1) is 26.2. The van der Waals surface area contributed by atoms with Crippen LogP contribution in [-0.4, -0.2) is 11.9 Å². The van der Waals surface area contributed by atoms with E-state index in [1.165, 1.54) is 5.56 Å². The van der Waals surface area contributed by atoms with E-state index in [0.29, 0.717) is 12.3 Å². The quantitative estimate of drug-likeness (QED) is 0.285. The lowest BCUT2D eigenvalue weighted by Gasteiger charge is -2.04. The molecule has 0 fully saturated rings. The van der Waals surface area contributed by atoms with Crippen LogP contribution in [0.15, 0.2) is 54.6 Å². The molecule has 0 saturated heterocycles. The Balaban J connectivity index is 0. The third kappa shape index (κ3) is 20.0. The first-order chi connectivity index (χ1) is 11.4. The van der Waals surface area contributed by atoms with Crippen LogP contribution in [-0.2, 0) is 0 Å². The number of aryl methyl sites for hydroxylation is 1. The van der Waals surface area contributed by atoms with E-state index in [2.05, 4.69) is 19.1 Å². The third-order valence-corrected chi connectivity index (χ3v) is 2.16. The lowest BCUT2D eigenvalue weighted by atomic mass is 10.2. The minimum Gasteiger partial charge on any atom is -0.492 e. The van der Waals surface area contributed by atoms with E-state index in [-0.39, 0.29) is 5.34 Å². The Hall–Kier alpha value is -0.0800. The number of halogens is 5. The number of rotatable bonds is 2. The van der Waals surface area contributed by atoms with Gasteiger partial charge in [-0.3, -0.25) is 0 Å². The lowest BCUT2D eigenvalue weighted by Crippen LogP contribution is -1.95. The second-order valence-electron chi connectivity index (χ2n) is 3.92. The predicted octanol–water partition coefficient (Wildman–Crippen LogP) is 8.01. The molecule has 2 aromatic rings. The van der Waals surface area contributed by atoms with Crippen LogP contribution in [0.25, 0.3) is 0 Å². The topological polar surface area (TPSA) is 35.2 Å². The van der Waals surface area contributed by atoms with Crippen molar-refractivity contribution in [2.45, 2.75) is 13.8 Å². The maximum Gasteiger partial charge on any atom is 0.179 e. The van der Waals surface area contributed by atoms with Gasteiger partial charge in [0, 0.05) is 0 Å². The summed E-state index contributed by atoms with van der Waals surface area (Å²) in [4.78, 5) is 0. The Labute approximate surface area is 170 Å². The highest BCUT2D eigenvalue weighted by Gasteiger charge is 1.93. The summed E-state index contributed by atoms with van der Waals surface area (Å²) in [6.07, 6.45) is 0. The van der Waals surface area contributed by atoms with Gasteiger partial charge in [0.1, 0.15) is 5.75 Å². The van der Waals surface area contributed by atoms with Gasteiger partial charge in [0.15, 0.2) is 5.98 Å². The molecular formula is C16H21Cl5NOP. The van der Waals surface area contributed by atoms with Crippen molar-refractivity contribution in [2.75, 3.05) is 17.7 Å². The molecule has 0 aliphatic rings. The molecule has 2 N–H and O–H groups in total. The van der Waals surface area contributed by atoms with Gasteiger partial charge < -0.3 is 10.5 Å². The summed E-state index contributed by atoms with van der Waals surface area (Å²) in [5, 5.41) is 0.194. The van der Waals surface area contributed by atoms with Gasteiger partial charge in [-0.15, -0.1) is 23.2 Å². The van der Waals surface area contributed by atoms with Gasteiger partial charge in [-0.25, -0.2) is 0 Å². The number of alkyl halides is 2. The standard InChI is InChI=1S/C8H11NO.C7H8.CH2Cl2.Cl3P/c1-2-10-8-6-4-3-5-7(8)9;1-7-5-3-2-4-6-7;2-1-3;1-4(2)3/h3-6H,2,9H2,1H3;2-6H,1H3;1H2;. The second-order valence-corrected chi connectivity index (χ2v) is 9.71. The molecule has 0 aromatic heterocycles. The number of hydrogen-bond donors (Lipinski definition) is 1. The van der Waals surface area contributed by atoms with E-state index in [0.717, 1.165) is 5.75 Å². The SMILES string of the molecule is CCOc1ccccc1N.Cc1ccccc1.ClCCl.ClP(Cl)Cl. The fraction of sp³-hybridized carbons (Fsp3) is 0.250. The molecule has 136 valence electrons. The van der Waals surface area contributed by atoms with E-state index in [1.807, 2.05) is 49.4 Å². The molecule has 0 saturated carbocycles. The van der Waals surface area contributed by atoms with Crippen molar-refractivity contribution in [1.29, 1.82) is 0 Å². The molecule has 2 rings (SSSR count). The summed E-state index contributed by atoms with van der Waals surface area (Å²) in [6.45, 7) is 4.68. The molecule has 0 radical (unpaired) electrons. The Morgan fingerprint density at radius 1 is 0.917 bits per heavy atom. The maximum atomic E-state index is 5.58. The van der Waals surface area contributed by atoms with E-state index >= 15 is 0 Å². The van der Waals surface area contributed by atoms with Crippen molar-refractivity contribution in [3.8, 4) is 5.75 Å². The fourth-order valence-electron chi connectivity index (χ4n) is 1.30. The summed E-state index contributed by atoms with van der Waals surface area (Å²) < 4.78 is 5.21. The molecule has 0 aliphatic carbocycles. The Morgan fingerprint density at radius 3 is 1.67 bits per heavy atom. The Morgan fingerprint density at radius 2 is 1.33 bits per heavy atom. The average Bonchev–Trinajstić information content (AvgIpc) is 2.51. The molecule has 0 amide bonds. The second kappa shape index (κ2) is 19.2. The van der Waals surface area contributed by atoms with Gasteiger partial charge >= 0.3 is 0 Å². The van der Waals surface area contributed by atoms with Gasteiger partial charge in [0.25, 0.3) is 0 Å². The fourth-order valence-corrected chi connectivity index (χ4v) is 1.30. The first-order valence-electron chi connectivity index (χ1n) is 6.77. The van der Waals surface area contributed by atoms with E-state index < -0.39 is 5.98 Å². The highest BCUT2D eigenvalue weighted by atomic mass is 36.0. The molecular weight excluding hydrogens is 430 g/mol. The van der Waals surface area contributed by atoms with Crippen molar-refractivity contribution >= 4 is 68.6 Å². The first-order valence-corrected chi connectivity index (χ1v) is 11.9. The molecule has 0 heterocycles. The van der Waals surface area contributed by atoms with Crippen LogP contribution in [0.2, 0.25) is 0 Å². The summed E-state index contributed by atoms with van der Waals surface area (Å²) in [5.74, 6) is -0.435. The average molecular weight is 452 g/mol. The summed E-state index contributed by atoms with van der Waals surface area (Å²) >= 11 is 24.1. The molecule has 8 heteroatoms. The van der Waals surface area contributed by atoms with Crippen molar-refractivity contribution in [3.63, 3.8) is 0 Å². The molecule has 0 bridgehead atoms. The van der Waals surface area contributed by atoms with Crippen molar-refractivity contribution in [3.05, 3.63) is 60.2 Å². The molecule has 0 atom stereocenters. The van der Waals surface area contributed by atoms with Crippen molar-refractivity contribution in [2.24, 2.45) is 0 Å². The van der Waals surface area contributed by atoms with Gasteiger partial charge in [-0.05, 0) is 26.0 Å². The minimum absolute atomic E-state index is 0.194. The molecule has 0 aliphatic heterocycles. The number of hydrogen-bond acceptors (Lipinski definition) is 2. The highest BCUT2D eigenvalue weighted by molar-refractivity contribution is 8.20. The van der Waals surface area contributed by atoms with E-state index in [9.17, 15) is 0 Å². The molecule has 24 heavy (non-hydrogen) atoms. The third-order valence-electron chi connectivity index (χ3n) is 2.16. The van der Waals surface area contributed by atoms with Gasteiger partial charge in [-0.1, -0.05) is 81.8 Å². The van der Waals surface area contributed by atoms with Crippen LogP contribution < -0.4 is 10.5 Å².